The third-order valence-electron chi connectivity index (χ3n) is 3.78. The quantitative estimate of drug-likeness (QED) is 0.795. The van der Waals surface area contributed by atoms with Crippen LogP contribution in [0.2, 0.25) is 5.02 Å². The van der Waals surface area contributed by atoms with Crippen molar-refractivity contribution in [1.82, 2.24) is 9.55 Å². The first-order valence-electron chi connectivity index (χ1n) is 7.27. The molecule has 0 amide bonds. The molecule has 0 atom stereocenters. The first-order chi connectivity index (χ1) is 11.5. The standard InChI is InChI=1S/C18H15ClN2O3/c1-11-16(12-6-8-15(24-2)9-7-12)20-18(23)21(17(11)22)14-5-3-4-13(19)10-14/h3-10H,1-2H3,(H,20,23). The molecule has 0 unspecified atom stereocenters. The molecule has 2 aromatic carbocycles. The number of methoxy groups -OCH3 is 1. The number of H-pyrrole nitrogens is 1. The molecule has 0 saturated carbocycles. The van der Waals surface area contributed by atoms with Crippen LogP contribution in [0.5, 0.6) is 5.75 Å². The minimum Gasteiger partial charge on any atom is -0.497 e. The van der Waals surface area contributed by atoms with Crippen LogP contribution in [0.3, 0.4) is 0 Å². The van der Waals surface area contributed by atoms with E-state index < -0.39 is 5.69 Å². The van der Waals surface area contributed by atoms with Crippen molar-refractivity contribution in [1.29, 1.82) is 0 Å². The summed E-state index contributed by atoms with van der Waals surface area (Å²) in [6, 6.07) is 13.7. The number of aromatic amines is 1. The summed E-state index contributed by atoms with van der Waals surface area (Å²) in [7, 11) is 1.58. The van der Waals surface area contributed by atoms with Gasteiger partial charge in [0.15, 0.2) is 0 Å². The number of ether oxygens (including phenoxy) is 1. The average molecular weight is 343 g/mol. The SMILES string of the molecule is COc1ccc(-c2[nH]c(=O)n(-c3cccc(Cl)c3)c(=O)c2C)cc1. The lowest BCUT2D eigenvalue weighted by molar-refractivity contribution is 0.415. The van der Waals surface area contributed by atoms with Crippen LogP contribution in [0.25, 0.3) is 16.9 Å². The van der Waals surface area contributed by atoms with Gasteiger partial charge in [-0.15, -0.1) is 0 Å². The van der Waals surface area contributed by atoms with E-state index >= 15 is 0 Å². The Hall–Kier alpha value is -2.79. The molecule has 0 spiro atoms. The van der Waals surface area contributed by atoms with E-state index in [1.807, 2.05) is 0 Å². The van der Waals surface area contributed by atoms with Crippen molar-refractivity contribution < 1.29 is 4.74 Å². The molecule has 0 radical (unpaired) electrons. The van der Waals surface area contributed by atoms with Crippen LogP contribution in [0.1, 0.15) is 5.56 Å². The molecule has 5 nitrogen and oxygen atoms in total. The molecule has 1 aromatic heterocycles. The Morgan fingerprint density at radius 3 is 2.42 bits per heavy atom. The van der Waals surface area contributed by atoms with E-state index in [-0.39, 0.29) is 5.56 Å². The molecule has 0 saturated heterocycles. The van der Waals surface area contributed by atoms with Gasteiger partial charge in [0.25, 0.3) is 5.56 Å². The molecular formula is C18H15ClN2O3. The molecule has 6 heteroatoms. The van der Waals surface area contributed by atoms with E-state index in [9.17, 15) is 9.59 Å². The Labute approximate surface area is 143 Å². The second kappa shape index (κ2) is 6.37. The average Bonchev–Trinajstić information content (AvgIpc) is 2.58. The first kappa shape index (κ1) is 16.1. The van der Waals surface area contributed by atoms with E-state index in [2.05, 4.69) is 4.98 Å². The van der Waals surface area contributed by atoms with Gasteiger partial charge in [0.1, 0.15) is 5.75 Å². The third kappa shape index (κ3) is 2.86. The van der Waals surface area contributed by atoms with Gasteiger partial charge in [0.05, 0.1) is 18.5 Å². The fourth-order valence-electron chi connectivity index (χ4n) is 2.52. The predicted octanol–water partition coefficient (Wildman–Crippen LogP) is 3.16. The lowest BCUT2D eigenvalue weighted by Crippen LogP contribution is -2.35. The number of nitrogens with one attached hydrogen (secondary N) is 1. The van der Waals surface area contributed by atoms with Gasteiger partial charge in [-0.05, 0) is 55.0 Å². The highest BCUT2D eigenvalue weighted by Gasteiger charge is 2.13. The van der Waals surface area contributed by atoms with E-state index in [1.165, 1.54) is 0 Å². The summed E-state index contributed by atoms with van der Waals surface area (Å²) in [6.45, 7) is 1.68. The van der Waals surface area contributed by atoms with Gasteiger partial charge in [0.2, 0.25) is 0 Å². The first-order valence-corrected chi connectivity index (χ1v) is 7.65. The molecule has 3 aromatic rings. The second-order valence-corrected chi connectivity index (χ2v) is 5.72. The number of aromatic nitrogens is 2. The zero-order valence-corrected chi connectivity index (χ0v) is 13.9. The lowest BCUT2D eigenvalue weighted by Gasteiger charge is -2.11. The number of benzene rings is 2. The smallest absolute Gasteiger partial charge is 0.333 e. The maximum atomic E-state index is 12.7. The Morgan fingerprint density at radius 1 is 1.08 bits per heavy atom. The fraction of sp³-hybridized carbons (Fsp3) is 0.111. The predicted molar refractivity (Wildman–Crippen MR) is 94.4 cm³/mol. The van der Waals surface area contributed by atoms with Gasteiger partial charge in [0, 0.05) is 10.6 Å². The summed E-state index contributed by atoms with van der Waals surface area (Å²) in [5.41, 5.74) is 1.20. The van der Waals surface area contributed by atoms with Gasteiger partial charge in [-0.2, -0.15) is 0 Å². The van der Waals surface area contributed by atoms with Gasteiger partial charge >= 0.3 is 5.69 Å². The number of halogens is 1. The lowest BCUT2D eigenvalue weighted by atomic mass is 10.1. The number of nitrogens with zero attached hydrogens (tertiary/aromatic N) is 1. The monoisotopic (exact) mass is 342 g/mol. The highest BCUT2D eigenvalue weighted by Crippen LogP contribution is 2.21. The third-order valence-corrected chi connectivity index (χ3v) is 4.01. The molecule has 0 aliphatic carbocycles. The Bertz CT molecular complexity index is 1000. The van der Waals surface area contributed by atoms with Crippen molar-refractivity contribution in [2.75, 3.05) is 7.11 Å². The highest BCUT2D eigenvalue weighted by atomic mass is 35.5. The molecule has 1 N–H and O–H groups in total. The zero-order valence-electron chi connectivity index (χ0n) is 13.2. The minimum atomic E-state index is -0.515. The molecular weight excluding hydrogens is 328 g/mol. The summed E-state index contributed by atoms with van der Waals surface area (Å²) in [5.74, 6) is 0.700. The summed E-state index contributed by atoms with van der Waals surface area (Å²) >= 11 is 5.96. The zero-order chi connectivity index (χ0) is 17.3. The molecule has 0 aliphatic heterocycles. The maximum Gasteiger partial charge on any atom is 0.333 e. The highest BCUT2D eigenvalue weighted by molar-refractivity contribution is 6.30. The van der Waals surface area contributed by atoms with Crippen molar-refractivity contribution in [3.63, 3.8) is 0 Å². The van der Waals surface area contributed by atoms with E-state index in [0.29, 0.717) is 27.7 Å². The van der Waals surface area contributed by atoms with Crippen LogP contribution in [-0.4, -0.2) is 16.7 Å². The molecule has 24 heavy (non-hydrogen) atoms. The molecule has 0 bridgehead atoms. The summed E-state index contributed by atoms with van der Waals surface area (Å²) < 4.78 is 6.20. The van der Waals surface area contributed by atoms with Crippen LogP contribution < -0.4 is 16.0 Å². The van der Waals surface area contributed by atoms with Crippen molar-refractivity contribution in [2.45, 2.75) is 6.92 Å². The van der Waals surface area contributed by atoms with E-state index in [1.54, 1.807) is 62.6 Å². The Balaban J connectivity index is 2.19. The fourth-order valence-corrected chi connectivity index (χ4v) is 2.70. The van der Waals surface area contributed by atoms with Crippen molar-refractivity contribution in [3.8, 4) is 22.7 Å². The maximum absolute atomic E-state index is 12.7. The van der Waals surface area contributed by atoms with Crippen molar-refractivity contribution in [3.05, 3.63) is 80.0 Å². The molecule has 122 valence electrons. The number of hydrogen-bond acceptors (Lipinski definition) is 3. The second-order valence-electron chi connectivity index (χ2n) is 5.28. The minimum absolute atomic E-state index is 0.383. The Kier molecular flexibility index (Phi) is 4.27. The van der Waals surface area contributed by atoms with Crippen molar-refractivity contribution in [2.24, 2.45) is 0 Å². The summed E-state index contributed by atoms with van der Waals surface area (Å²) in [5, 5.41) is 0.454. The Morgan fingerprint density at radius 2 is 1.79 bits per heavy atom. The van der Waals surface area contributed by atoms with Gasteiger partial charge in [-0.1, -0.05) is 17.7 Å². The van der Waals surface area contributed by atoms with Gasteiger partial charge in [-0.25, -0.2) is 9.36 Å². The molecule has 0 fully saturated rings. The van der Waals surface area contributed by atoms with E-state index in [0.717, 1.165) is 10.1 Å². The van der Waals surface area contributed by atoms with Gasteiger partial charge < -0.3 is 9.72 Å². The van der Waals surface area contributed by atoms with Crippen LogP contribution >= 0.6 is 11.6 Å². The summed E-state index contributed by atoms with van der Waals surface area (Å²) in [6.07, 6.45) is 0. The van der Waals surface area contributed by atoms with Crippen molar-refractivity contribution >= 4 is 11.6 Å². The van der Waals surface area contributed by atoms with Crippen LogP contribution in [-0.2, 0) is 0 Å². The van der Waals surface area contributed by atoms with E-state index in [4.69, 9.17) is 16.3 Å². The van der Waals surface area contributed by atoms with Gasteiger partial charge in [-0.3, -0.25) is 4.79 Å². The molecule has 0 aliphatic rings. The molecule has 1 heterocycles. The summed E-state index contributed by atoms with van der Waals surface area (Å²) in [4.78, 5) is 27.9. The van der Waals surface area contributed by atoms with Crippen LogP contribution in [0, 0.1) is 6.92 Å². The van der Waals surface area contributed by atoms with Crippen LogP contribution in [0.4, 0.5) is 0 Å². The van der Waals surface area contributed by atoms with Crippen LogP contribution in [0.15, 0.2) is 58.1 Å². The molecule has 3 rings (SSSR count). The number of rotatable bonds is 3. The topological polar surface area (TPSA) is 64.1 Å². The largest absolute Gasteiger partial charge is 0.497 e. The number of hydrogen-bond donors (Lipinski definition) is 1. The normalized spacial score (nSPS) is 10.6.